The molecule has 4 rings (SSSR count). The molecule has 0 spiro atoms. The summed E-state index contributed by atoms with van der Waals surface area (Å²) in [6.45, 7) is 4.08. The molecule has 0 bridgehead atoms. The van der Waals surface area contributed by atoms with Crippen LogP contribution in [-0.2, 0) is 14.3 Å². The predicted molar refractivity (Wildman–Crippen MR) is 113 cm³/mol. The van der Waals surface area contributed by atoms with Crippen molar-refractivity contribution < 1.29 is 23.8 Å². The van der Waals surface area contributed by atoms with Crippen molar-refractivity contribution in [2.75, 3.05) is 45.4 Å². The predicted octanol–water partition coefficient (Wildman–Crippen LogP) is 2.63. The number of carbonyl (C=O) groups is 2. The number of morpholine rings is 1. The second-order valence-electron chi connectivity index (χ2n) is 7.17. The molecule has 2 amide bonds. The Kier molecular flexibility index (Phi) is 5.46. The van der Waals surface area contributed by atoms with Crippen LogP contribution in [0.25, 0.3) is 5.57 Å². The average Bonchev–Trinajstić information content (AvgIpc) is 3.04. The monoisotopic (exact) mass is 408 g/mol. The molecular formula is C23H24N2O5. The fourth-order valence-electron chi connectivity index (χ4n) is 3.78. The van der Waals surface area contributed by atoms with Gasteiger partial charge >= 0.3 is 0 Å². The van der Waals surface area contributed by atoms with Crippen LogP contribution in [0.15, 0.2) is 48.2 Å². The smallest absolute Gasteiger partial charge is 0.282 e. The highest BCUT2D eigenvalue weighted by Gasteiger charge is 2.43. The van der Waals surface area contributed by atoms with Crippen molar-refractivity contribution in [1.29, 1.82) is 0 Å². The lowest BCUT2D eigenvalue weighted by molar-refractivity contribution is -0.121. The summed E-state index contributed by atoms with van der Waals surface area (Å²) in [6.07, 6.45) is 0. The normalized spacial score (nSPS) is 17.0. The van der Waals surface area contributed by atoms with Gasteiger partial charge in [0.05, 0.1) is 38.7 Å². The lowest BCUT2D eigenvalue weighted by Crippen LogP contribution is -2.40. The van der Waals surface area contributed by atoms with Crippen LogP contribution in [0.3, 0.4) is 0 Å². The van der Waals surface area contributed by atoms with Crippen LogP contribution >= 0.6 is 0 Å². The maximum atomic E-state index is 13.5. The summed E-state index contributed by atoms with van der Waals surface area (Å²) in [7, 11) is 3.10. The minimum Gasteiger partial charge on any atom is -0.493 e. The van der Waals surface area contributed by atoms with Crippen molar-refractivity contribution in [2.24, 2.45) is 0 Å². The molecule has 7 heteroatoms. The van der Waals surface area contributed by atoms with E-state index in [4.69, 9.17) is 14.2 Å². The molecule has 0 N–H and O–H groups in total. The SMILES string of the molecule is COc1ccc(C2=C(N3CCOCC3)C(=O)N(c3ccc(C)cc3)C2=O)cc1OC. The van der Waals surface area contributed by atoms with Gasteiger partial charge in [-0.05, 0) is 36.8 Å². The van der Waals surface area contributed by atoms with Gasteiger partial charge in [-0.1, -0.05) is 23.8 Å². The van der Waals surface area contributed by atoms with E-state index in [0.717, 1.165) is 5.56 Å². The van der Waals surface area contributed by atoms with Crippen molar-refractivity contribution in [3.05, 3.63) is 59.3 Å². The molecule has 1 fully saturated rings. The molecule has 0 unspecified atom stereocenters. The first kappa shape index (κ1) is 20.0. The largest absolute Gasteiger partial charge is 0.493 e. The molecular weight excluding hydrogens is 384 g/mol. The molecule has 7 nitrogen and oxygen atoms in total. The first-order valence-electron chi connectivity index (χ1n) is 9.80. The number of amides is 2. The maximum absolute atomic E-state index is 13.5. The number of hydrogen-bond acceptors (Lipinski definition) is 6. The molecule has 2 aromatic rings. The highest BCUT2D eigenvalue weighted by molar-refractivity contribution is 6.45. The van der Waals surface area contributed by atoms with E-state index < -0.39 is 0 Å². The molecule has 1 saturated heterocycles. The number of benzene rings is 2. The molecule has 30 heavy (non-hydrogen) atoms. The Bertz CT molecular complexity index is 1010. The van der Waals surface area contributed by atoms with E-state index in [0.29, 0.717) is 60.3 Å². The van der Waals surface area contributed by atoms with Gasteiger partial charge in [0.15, 0.2) is 11.5 Å². The lowest BCUT2D eigenvalue weighted by Gasteiger charge is -2.29. The number of aryl methyl sites for hydroxylation is 1. The van der Waals surface area contributed by atoms with Crippen molar-refractivity contribution in [2.45, 2.75) is 6.92 Å². The number of anilines is 1. The molecule has 0 aliphatic carbocycles. The Morgan fingerprint density at radius 1 is 0.867 bits per heavy atom. The Morgan fingerprint density at radius 2 is 1.53 bits per heavy atom. The average molecular weight is 408 g/mol. The fraction of sp³-hybridized carbons (Fsp3) is 0.304. The van der Waals surface area contributed by atoms with Crippen molar-refractivity contribution in [3.8, 4) is 11.5 Å². The van der Waals surface area contributed by atoms with Gasteiger partial charge in [0.25, 0.3) is 11.8 Å². The van der Waals surface area contributed by atoms with E-state index in [1.54, 1.807) is 44.6 Å². The number of ether oxygens (including phenoxy) is 3. The van der Waals surface area contributed by atoms with E-state index >= 15 is 0 Å². The molecule has 0 atom stereocenters. The highest BCUT2D eigenvalue weighted by atomic mass is 16.5. The Balaban J connectivity index is 1.84. The van der Waals surface area contributed by atoms with E-state index in [2.05, 4.69) is 0 Å². The standard InChI is InChI=1S/C23H24N2O5/c1-15-4-7-17(8-5-15)25-22(26)20(16-6-9-18(28-2)19(14-16)29-3)21(23(25)27)24-10-12-30-13-11-24/h4-9,14H,10-13H2,1-3H3. The summed E-state index contributed by atoms with van der Waals surface area (Å²) in [6, 6.07) is 12.6. The second-order valence-corrected chi connectivity index (χ2v) is 7.17. The minimum atomic E-state index is -0.349. The number of carbonyl (C=O) groups excluding carboxylic acids is 2. The summed E-state index contributed by atoms with van der Waals surface area (Å²) in [5, 5.41) is 0. The Labute approximate surface area is 175 Å². The van der Waals surface area contributed by atoms with Gasteiger partial charge < -0.3 is 19.1 Å². The number of methoxy groups -OCH3 is 2. The van der Waals surface area contributed by atoms with Gasteiger partial charge in [0.1, 0.15) is 5.70 Å². The van der Waals surface area contributed by atoms with Crippen LogP contribution in [0.2, 0.25) is 0 Å². The first-order valence-corrected chi connectivity index (χ1v) is 9.80. The topological polar surface area (TPSA) is 68.3 Å². The number of hydrogen-bond donors (Lipinski definition) is 0. The molecule has 2 heterocycles. The van der Waals surface area contributed by atoms with Crippen molar-refractivity contribution >= 4 is 23.1 Å². The zero-order valence-electron chi connectivity index (χ0n) is 17.3. The van der Waals surface area contributed by atoms with Gasteiger partial charge in [-0.25, -0.2) is 4.90 Å². The van der Waals surface area contributed by atoms with Crippen molar-refractivity contribution in [1.82, 2.24) is 4.90 Å². The minimum absolute atomic E-state index is 0.324. The van der Waals surface area contributed by atoms with E-state index in [1.165, 1.54) is 4.90 Å². The summed E-state index contributed by atoms with van der Waals surface area (Å²) in [4.78, 5) is 30.2. The fourth-order valence-corrected chi connectivity index (χ4v) is 3.78. The third kappa shape index (κ3) is 3.41. The zero-order valence-corrected chi connectivity index (χ0v) is 17.3. The molecule has 2 aromatic carbocycles. The lowest BCUT2D eigenvalue weighted by atomic mass is 10.0. The van der Waals surface area contributed by atoms with E-state index in [1.807, 2.05) is 24.0 Å². The van der Waals surface area contributed by atoms with Crippen molar-refractivity contribution in [3.63, 3.8) is 0 Å². The number of rotatable bonds is 5. The van der Waals surface area contributed by atoms with Gasteiger partial charge in [-0.3, -0.25) is 9.59 Å². The molecule has 2 aliphatic heterocycles. The number of imide groups is 1. The molecule has 0 aromatic heterocycles. The van der Waals surface area contributed by atoms with Crippen LogP contribution < -0.4 is 14.4 Å². The third-order valence-electron chi connectivity index (χ3n) is 5.35. The van der Waals surface area contributed by atoms with Gasteiger partial charge in [-0.15, -0.1) is 0 Å². The summed E-state index contributed by atoms with van der Waals surface area (Å²) in [5.41, 5.74) is 2.98. The van der Waals surface area contributed by atoms with Crippen LogP contribution in [0.1, 0.15) is 11.1 Å². The van der Waals surface area contributed by atoms with Crippen LogP contribution in [0.4, 0.5) is 5.69 Å². The third-order valence-corrected chi connectivity index (χ3v) is 5.35. The molecule has 2 aliphatic rings. The zero-order chi connectivity index (χ0) is 21.3. The first-order chi connectivity index (χ1) is 14.5. The Morgan fingerprint density at radius 3 is 2.17 bits per heavy atom. The van der Waals surface area contributed by atoms with Gasteiger partial charge in [-0.2, -0.15) is 0 Å². The van der Waals surface area contributed by atoms with Crippen LogP contribution in [0, 0.1) is 6.92 Å². The quantitative estimate of drug-likeness (QED) is 0.709. The summed E-state index contributed by atoms with van der Waals surface area (Å²) in [5.74, 6) is 0.382. The van der Waals surface area contributed by atoms with E-state index in [9.17, 15) is 9.59 Å². The number of nitrogens with zero attached hydrogens (tertiary/aromatic N) is 2. The van der Waals surface area contributed by atoms with Gasteiger partial charge in [0, 0.05) is 13.1 Å². The molecule has 0 saturated carbocycles. The summed E-state index contributed by atoms with van der Waals surface area (Å²) >= 11 is 0. The maximum Gasteiger partial charge on any atom is 0.282 e. The molecule has 0 radical (unpaired) electrons. The van der Waals surface area contributed by atoms with Gasteiger partial charge in [0.2, 0.25) is 0 Å². The summed E-state index contributed by atoms with van der Waals surface area (Å²) < 4.78 is 16.2. The molecule has 156 valence electrons. The highest BCUT2D eigenvalue weighted by Crippen LogP contribution is 2.38. The van der Waals surface area contributed by atoms with Crippen LogP contribution in [-0.4, -0.2) is 57.2 Å². The second kappa shape index (κ2) is 8.20. The van der Waals surface area contributed by atoms with E-state index in [-0.39, 0.29) is 11.8 Å². The van der Waals surface area contributed by atoms with Crippen LogP contribution in [0.5, 0.6) is 11.5 Å². The Hall–Kier alpha value is -3.32.